The number of hydrogen-bond donors (Lipinski definition) is 2. The van der Waals surface area contributed by atoms with Crippen molar-refractivity contribution in [3.63, 3.8) is 0 Å². The molecule has 11 nitrogen and oxygen atoms in total. The van der Waals surface area contributed by atoms with Crippen LogP contribution >= 0.6 is 11.8 Å². The second-order valence-corrected chi connectivity index (χ2v) is 12.8. The Bertz CT molecular complexity index is 1750. The fourth-order valence-electron chi connectivity index (χ4n) is 6.09. The fraction of sp³-hybridized carbons (Fsp3) is 0.333. The van der Waals surface area contributed by atoms with Gasteiger partial charge in [-0.25, -0.2) is 14.8 Å². The summed E-state index contributed by atoms with van der Waals surface area (Å²) in [5, 5.41) is 15.7. The molecule has 7 rings (SSSR count). The first-order chi connectivity index (χ1) is 21.9. The molecular weight excluding hydrogens is 590 g/mol. The normalized spacial score (nSPS) is 22.3. The van der Waals surface area contributed by atoms with Gasteiger partial charge in [0.1, 0.15) is 27.7 Å². The Balaban J connectivity index is 1.07. The standard InChI is InChI=1S/C33H31N7O4S/c1-19-24(11-12-26(36-19)44-23-7-3-2-4-8-23)40-25-13-14-35-31-27(25)28(38-33(40)43)29(45-31)30(41)37-22-6-5-15-39(18-22)32(42)21(17-34)16-20-9-10-20/h2-4,7-8,11-14,16,20,22,28-29H,5-6,9-10,15,18H2,1H3,(H,37,41)(H,38,43)/b21-16+/t22?,28?,29-/m1/s1. The van der Waals surface area contributed by atoms with Gasteiger partial charge in [0, 0.05) is 37.0 Å². The van der Waals surface area contributed by atoms with Gasteiger partial charge in [0.2, 0.25) is 11.8 Å². The third kappa shape index (κ3) is 5.71. The Morgan fingerprint density at radius 3 is 2.71 bits per heavy atom. The molecular formula is C33H31N7O4S. The number of urea groups is 1. The summed E-state index contributed by atoms with van der Waals surface area (Å²) in [7, 11) is 0. The van der Waals surface area contributed by atoms with Crippen molar-refractivity contribution >= 4 is 41.0 Å². The van der Waals surface area contributed by atoms with E-state index in [0.717, 1.165) is 31.2 Å². The number of carbonyl (C=O) groups excluding carboxylic acids is 3. The lowest BCUT2D eigenvalue weighted by Gasteiger charge is -2.36. The van der Waals surface area contributed by atoms with Gasteiger partial charge in [-0.1, -0.05) is 36.0 Å². The number of para-hydroxylation sites is 1. The van der Waals surface area contributed by atoms with Gasteiger partial charge >= 0.3 is 6.03 Å². The molecule has 45 heavy (non-hydrogen) atoms. The largest absolute Gasteiger partial charge is 0.439 e. The summed E-state index contributed by atoms with van der Waals surface area (Å²) in [5.74, 6) is 0.892. The number of benzene rings is 1. The van der Waals surface area contributed by atoms with E-state index >= 15 is 0 Å². The number of thioether (sulfide) groups is 1. The number of nitrogens with one attached hydrogen (secondary N) is 2. The van der Waals surface area contributed by atoms with E-state index in [4.69, 9.17) is 4.74 Å². The first-order valence-corrected chi connectivity index (χ1v) is 16.0. The van der Waals surface area contributed by atoms with Crippen LogP contribution in [0, 0.1) is 24.2 Å². The van der Waals surface area contributed by atoms with E-state index in [1.54, 1.807) is 40.3 Å². The van der Waals surface area contributed by atoms with Crippen LogP contribution in [0.3, 0.4) is 0 Å². The number of piperidine rings is 1. The summed E-state index contributed by atoms with van der Waals surface area (Å²) < 4.78 is 5.87. The molecule has 3 aliphatic heterocycles. The van der Waals surface area contributed by atoms with E-state index in [1.165, 1.54) is 11.8 Å². The van der Waals surface area contributed by atoms with Crippen molar-refractivity contribution < 1.29 is 19.1 Å². The number of aromatic nitrogens is 2. The summed E-state index contributed by atoms with van der Waals surface area (Å²) in [5.41, 5.74) is 2.82. The number of allylic oxidation sites excluding steroid dienone is 1. The van der Waals surface area contributed by atoms with Crippen LogP contribution < -0.4 is 20.3 Å². The van der Waals surface area contributed by atoms with Crippen LogP contribution in [0.15, 0.2) is 71.4 Å². The van der Waals surface area contributed by atoms with Crippen LogP contribution in [0.25, 0.3) is 0 Å². The molecule has 1 aromatic carbocycles. The highest BCUT2D eigenvalue weighted by atomic mass is 32.2. The number of aryl methyl sites for hydroxylation is 1. The molecule has 5 heterocycles. The molecule has 3 atom stereocenters. The van der Waals surface area contributed by atoms with Gasteiger partial charge in [0.15, 0.2) is 0 Å². The minimum Gasteiger partial charge on any atom is -0.439 e. The number of ether oxygens (including phenoxy) is 1. The molecule has 1 saturated carbocycles. The lowest BCUT2D eigenvalue weighted by molar-refractivity contribution is -0.129. The summed E-state index contributed by atoms with van der Waals surface area (Å²) in [4.78, 5) is 52.7. The van der Waals surface area contributed by atoms with Gasteiger partial charge in [-0.05, 0) is 62.8 Å². The van der Waals surface area contributed by atoms with Gasteiger partial charge in [-0.2, -0.15) is 5.26 Å². The Morgan fingerprint density at radius 1 is 1.13 bits per heavy atom. The van der Waals surface area contributed by atoms with Crippen molar-refractivity contribution in [1.82, 2.24) is 25.5 Å². The number of amides is 4. The SMILES string of the molecule is Cc1nc(Oc2ccccc2)ccc1N1C(=O)NC2c3c1ccnc3S[C@H]2C(=O)NC1CCCN(C(=O)/C(C#N)=C/C2CC2)C1. The minimum absolute atomic E-state index is 0.183. The van der Waals surface area contributed by atoms with Crippen LogP contribution in [-0.2, 0) is 9.59 Å². The number of nitrogens with zero attached hydrogens (tertiary/aromatic N) is 5. The maximum Gasteiger partial charge on any atom is 0.327 e. The smallest absolute Gasteiger partial charge is 0.327 e. The number of likely N-dealkylation sites (tertiary alicyclic amines) is 1. The van der Waals surface area contributed by atoms with Crippen molar-refractivity contribution in [3.8, 4) is 17.7 Å². The van der Waals surface area contributed by atoms with Gasteiger partial charge in [0.05, 0.1) is 23.1 Å². The second-order valence-electron chi connectivity index (χ2n) is 11.6. The molecule has 1 aliphatic carbocycles. The number of anilines is 2. The molecule has 0 bridgehead atoms. The lowest BCUT2D eigenvalue weighted by atomic mass is 9.99. The summed E-state index contributed by atoms with van der Waals surface area (Å²) >= 11 is 1.32. The molecule has 0 spiro atoms. The van der Waals surface area contributed by atoms with E-state index in [-0.39, 0.29) is 29.5 Å². The second kappa shape index (κ2) is 11.9. The molecule has 228 valence electrons. The highest BCUT2D eigenvalue weighted by Crippen LogP contribution is 2.51. The lowest BCUT2D eigenvalue weighted by Crippen LogP contribution is -2.54. The van der Waals surface area contributed by atoms with E-state index in [1.807, 2.05) is 37.3 Å². The zero-order valence-corrected chi connectivity index (χ0v) is 25.4. The Morgan fingerprint density at radius 2 is 1.96 bits per heavy atom. The molecule has 2 fully saturated rings. The molecule has 4 aliphatic rings. The van der Waals surface area contributed by atoms with Crippen LogP contribution in [0.1, 0.15) is 43.0 Å². The third-order valence-corrected chi connectivity index (χ3v) is 9.72. The van der Waals surface area contributed by atoms with Crippen LogP contribution in [0.5, 0.6) is 11.6 Å². The molecule has 2 N–H and O–H groups in total. The number of pyridine rings is 2. The molecule has 2 aromatic heterocycles. The average Bonchev–Trinajstić information content (AvgIpc) is 3.80. The summed E-state index contributed by atoms with van der Waals surface area (Å²) in [6, 6.07) is 15.5. The molecule has 1 saturated heterocycles. The number of hydrogen-bond acceptors (Lipinski definition) is 8. The summed E-state index contributed by atoms with van der Waals surface area (Å²) in [6.07, 6.45) is 6.89. The van der Waals surface area contributed by atoms with Gasteiger partial charge < -0.3 is 20.3 Å². The van der Waals surface area contributed by atoms with Crippen molar-refractivity contribution in [2.45, 2.75) is 55.0 Å². The highest BCUT2D eigenvalue weighted by Gasteiger charge is 2.47. The predicted molar refractivity (Wildman–Crippen MR) is 167 cm³/mol. The van der Waals surface area contributed by atoms with Crippen molar-refractivity contribution in [1.29, 1.82) is 5.26 Å². The predicted octanol–water partition coefficient (Wildman–Crippen LogP) is 4.92. The fourth-order valence-corrected chi connectivity index (χ4v) is 7.32. The van der Waals surface area contributed by atoms with E-state index in [0.29, 0.717) is 52.7 Å². The molecule has 3 aromatic rings. The summed E-state index contributed by atoms with van der Waals surface area (Å²) in [6.45, 7) is 2.70. The number of rotatable bonds is 7. The first-order valence-electron chi connectivity index (χ1n) is 15.1. The Hall–Kier alpha value is -4.89. The Kier molecular flexibility index (Phi) is 7.63. The third-order valence-electron chi connectivity index (χ3n) is 8.43. The maximum absolute atomic E-state index is 13.7. The Labute approximate surface area is 264 Å². The van der Waals surface area contributed by atoms with Gasteiger partial charge in [-0.3, -0.25) is 14.5 Å². The maximum atomic E-state index is 13.7. The van der Waals surface area contributed by atoms with Crippen LogP contribution in [-0.4, -0.2) is 57.1 Å². The van der Waals surface area contributed by atoms with E-state index in [2.05, 4.69) is 26.7 Å². The molecule has 0 radical (unpaired) electrons. The zero-order valence-electron chi connectivity index (χ0n) is 24.6. The van der Waals surface area contributed by atoms with Crippen molar-refractivity contribution in [2.24, 2.45) is 5.92 Å². The first kappa shape index (κ1) is 28.9. The topological polar surface area (TPSA) is 141 Å². The highest BCUT2D eigenvalue weighted by molar-refractivity contribution is 8.01. The van der Waals surface area contributed by atoms with E-state index < -0.39 is 11.3 Å². The molecule has 2 unspecified atom stereocenters. The minimum atomic E-state index is -0.629. The van der Waals surface area contributed by atoms with Crippen molar-refractivity contribution in [3.05, 3.63) is 77.6 Å². The van der Waals surface area contributed by atoms with Crippen LogP contribution in [0.4, 0.5) is 16.2 Å². The van der Waals surface area contributed by atoms with Gasteiger partial charge in [0.25, 0.3) is 5.91 Å². The van der Waals surface area contributed by atoms with E-state index in [9.17, 15) is 19.6 Å². The monoisotopic (exact) mass is 621 g/mol. The van der Waals surface area contributed by atoms with Crippen molar-refractivity contribution in [2.75, 3.05) is 18.0 Å². The number of carbonyl (C=O) groups is 3. The number of nitriles is 1. The molecule has 12 heteroatoms. The van der Waals surface area contributed by atoms with Crippen LogP contribution in [0.2, 0.25) is 0 Å². The quantitative estimate of drug-likeness (QED) is 0.280. The van der Waals surface area contributed by atoms with Gasteiger partial charge in [-0.15, -0.1) is 0 Å². The molecule has 4 amide bonds. The zero-order chi connectivity index (χ0) is 31.1. The average molecular weight is 622 g/mol.